The van der Waals surface area contributed by atoms with Crippen molar-refractivity contribution in [3.05, 3.63) is 144 Å². The Morgan fingerprint density at radius 1 is 0.765 bits per heavy atom. The second-order valence-electron chi connectivity index (χ2n) is 22.2. The number of hydrogen-bond donors (Lipinski definition) is 1. The molecule has 2 aromatic heterocycles. The molecular weight excluding hydrogens is 1100 g/mol. The second-order valence-corrected chi connectivity index (χ2v) is 23.6. The number of unbranched alkanes of at least 4 members (excludes halogenated alkanes) is 4. The van der Waals surface area contributed by atoms with Gasteiger partial charge in [-0.15, -0.1) is 0 Å². The molecule has 2 aliphatic rings. The fraction of sp³-hybridized carbons (Fsp3) is 0.531. The average Bonchev–Trinajstić information content (AvgIpc) is 1.93. The van der Waals surface area contributed by atoms with Gasteiger partial charge in [-0.1, -0.05) is 81.3 Å². The monoisotopic (exact) mass is 1190 g/mol. The number of ether oxygens (including phenoxy) is 6. The van der Waals surface area contributed by atoms with Gasteiger partial charge in [-0.05, 0) is 109 Å². The van der Waals surface area contributed by atoms with E-state index in [0.29, 0.717) is 85.4 Å². The van der Waals surface area contributed by atoms with Crippen LogP contribution in [0.3, 0.4) is 0 Å². The summed E-state index contributed by atoms with van der Waals surface area (Å²) in [6, 6.07) is 26.0. The highest BCUT2D eigenvalue weighted by atomic mass is 31.2. The maximum atomic E-state index is 13.7. The summed E-state index contributed by atoms with van der Waals surface area (Å²) < 4.78 is 56.0. The van der Waals surface area contributed by atoms with E-state index in [9.17, 15) is 19.2 Å². The van der Waals surface area contributed by atoms with E-state index in [1.807, 2.05) is 48.8 Å². The van der Waals surface area contributed by atoms with Gasteiger partial charge in [0.05, 0.1) is 47.5 Å². The molecule has 7 rings (SSSR count). The van der Waals surface area contributed by atoms with Crippen molar-refractivity contribution in [2.24, 2.45) is 11.8 Å². The predicted molar refractivity (Wildman–Crippen MR) is 324 cm³/mol. The number of nitrogens with zero attached hydrogens (tertiary/aromatic N) is 7. The number of aromatic nitrogens is 4. The van der Waals surface area contributed by atoms with Crippen LogP contribution in [0, 0.1) is 18.4 Å². The van der Waals surface area contributed by atoms with E-state index < -0.39 is 75.0 Å². The Bertz CT molecular complexity index is 2920. The molecule has 1 aliphatic heterocycles. The first-order valence-electron chi connectivity index (χ1n) is 29.8. The minimum absolute atomic E-state index is 0.0425. The number of rotatable bonds is 33. The van der Waals surface area contributed by atoms with E-state index in [1.165, 1.54) is 6.33 Å². The number of nitrogens with one attached hydrogen (secondary N) is 1. The number of amides is 1. The van der Waals surface area contributed by atoms with E-state index in [-0.39, 0.29) is 43.9 Å². The Morgan fingerprint density at radius 3 is 2.00 bits per heavy atom. The number of benzene rings is 3. The third-order valence-electron chi connectivity index (χ3n) is 14.9. The molecule has 20 nitrogen and oxygen atoms in total. The van der Waals surface area contributed by atoms with E-state index >= 15 is 0 Å². The first-order valence-corrected chi connectivity index (χ1v) is 30.9. The lowest BCUT2D eigenvalue weighted by Crippen LogP contribution is -2.54. The molecule has 1 saturated heterocycles. The van der Waals surface area contributed by atoms with Crippen molar-refractivity contribution in [3.8, 4) is 0 Å². The van der Waals surface area contributed by atoms with Gasteiger partial charge < -0.3 is 52.5 Å². The Morgan fingerprint density at radius 2 is 1.38 bits per heavy atom. The second kappa shape index (κ2) is 33.9. The zero-order valence-corrected chi connectivity index (χ0v) is 51.3. The largest absolute Gasteiger partial charge is 0.462 e. The normalized spacial score (nSPS) is 21.7. The molecule has 1 amide bonds. The summed E-state index contributed by atoms with van der Waals surface area (Å²) >= 11 is 0. The molecule has 0 radical (unpaired) electrons. The number of imidazole rings is 1. The van der Waals surface area contributed by atoms with Gasteiger partial charge in [0.2, 0.25) is 12.5 Å². The summed E-state index contributed by atoms with van der Waals surface area (Å²) in [6.45, 7) is 21.5. The van der Waals surface area contributed by atoms with Crippen molar-refractivity contribution >= 4 is 49.6 Å². The van der Waals surface area contributed by atoms with Crippen molar-refractivity contribution in [1.29, 1.82) is 0 Å². The topological polar surface area (TPSA) is 209 Å². The molecule has 0 spiro atoms. The standard InChI is InChI=1S/C64H85N8O12P/c1-10-52-58(84-85(80-39-35-65-7)72(44(2)3)45(4)5)59(61(81-52)71-43-69-55-51(33-36-70(8)9)67-42-68-60(55)71)78-38-24-12-11-23-34-66-54(73)32-22-25-37-77-53-40-50(41-79-62(74)47-26-16-13-17-27-47)57(83-64(76)49-30-20-15-21-31-49)56(46(53)6)82-63(75)48-28-18-14-19-29-48/h13-21,26-31,33,36,42-46,50,52-53,56-59,61H,10-12,22-25,32,34-35,37-41H2,1-6,8-9H3,(H,66,73)/b36-33-/t46-,50+,52+,53+,56+,57-,58?,59-,61+,85?/m0/s1. The quantitative estimate of drug-likeness (QED) is 0.0136. The fourth-order valence-electron chi connectivity index (χ4n) is 10.6. The van der Waals surface area contributed by atoms with Gasteiger partial charge in [-0.2, -0.15) is 0 Å². The third-order valence-corrected chi connectivity index (χ3v) is 17.1. The summed E-state index contributed by atoms with van der Waals surface area (Å²) in [7, 11) is 2.28. The first kappa shape index (κ1) is 65.8. The molecule has 1 N–H and O–H groups in total. The van der Waals surface area contributed by atoms with E-state index in [0.717, 1.165) is 25.7 Å². The molecule has 2 fully saturated rings. The molecule has 10 atom stereocenters. The minimum atomic E-state index is -1.60. The van der Waals surface area contributed by atoms with Crippen molar-refractivity contribution < 1.29 is 56.6 Å². The highest BCUT2D eigenvalue weighted by molar-refractivity contribution is 7.44. The molecule has 0 bridgehead atoms. The molecule has 3 heterocycles. The van der Waals surface area contributed by atoms with Gasteiger partial charge in [0.1, 0.15) is 42.9 Å². The van der Waals surface area contributed by atoms with E-state index in [2.05, 4.69) is 59.4 Å². The zero-order chi connectivity index (χ0) is 60.7. The fourth-order valence-corrected chi connectivity index (χ4v) is 12.4. The number of carbonyl (C=O) groups is 4. The first-order chi connectivity index (χ1) is 41.2. The van der Waals surface area contributed by atoms with Crippen LogP contribution in [-0.4, -0.2) is 155 Å². The van der Waals surface area contributed by atoms with Crippen LogP contribution in [0.4, 0.5) is 0 Å². The van der Waals surface area contributed by atoms with Gasteiger partial charge in [-0.3, -0.25) is 9.36 Å². The SMILES string of the molecule is [C-]#[N+]CCOP(OC1[C@@H](CC)O[C@@H](n2cnc3c(/C=C\N(C)C)ncnc32)[C@H]1OCCCCCCNC(=O)CCCCO[C@@H]1C[C@H](COC(=O)c2ccccc2)[C@H](OC(=O)c2ccccc2)[C@H](OC(=O)c2ccccc2)[C@H]1C)N(C(C)C)C(C)C. The van der Waals surface area contributed by atoms with E-state index in [1.54, 1.807) is 91.3 Å². The highest BCUT2D eigenvalue weighted by Crippen LogP contribution is 2.51. The van der Waals surface area contributed by atoms with Crippen LogP contribution in [-0.2, 0) is 42.3 Å². The van der Waals surface area contributed by atoms with Crippen molar-refractivity contribution in [2.45, 2.75) is 154 Å². The molecule has 5 aromatic rings. The van der Waals surface area contributed by atoms with Crippen molar-refractivity contribution in [2.75, 3.05) is 53.6 Å². The molecule has 458 valence electrons. The zero-order valence-electron chi connectivity index (χ0n) is 50.4. The maximum absolute atomic E-state index is 13.7. The lowest BCUT2D eigenvalue weighted by Gasteiger charge is -2.44. The molecule has 1 aliphatic carbocycles. The molecule has 1 saturated carbocycles. The molecule has 85 heavy (non-hydrogen) atoms. The molecular formula is C64H85N8O12P. The smallest absolute Gasteiger partial charge is 0.338 e. The summed E-state index contributed by atoms with van der Waals surface area (Å²) in [4.78, 5) is 73.0. The van der Waals surface area contributed by atoms with Gasteiger partial charge in [0, 0.05) is 70.4 Å². The predicted octanol–water partition coefficient (Wildman–Crippen LogP) is 10.9. The third kappa shape index (κ3) is 18.9. The number of fused-ring (bicyclic) bond motifs is 1. The van der Waals surface area contributed by atoms with E-state index in [4.69, 9.17) is 49.0 Å². The molecule has 2 unspecified atom stereocenters. The maximum Gasteiger partial charge on any atom is 0.338 e. The lowest BCUT2D eigenvalue weighted by atomic mass is 9.76. The van der Waals surface area contributed by atoms with Gasteiger partial charge >= 0.3 is 17.9 Å². The Kier molecular flexibility index (Phi) is 26.2. The molecule has 21 heteroatoms. The summed E-state index contributed by atoms with van der Waals surface area (Å²) in [6.07, 6.45) is 8.48. The van der Waals surface area contributed by atoms with Crippen LogP contribution in [0.2, 0.25) is 0 Å². The van der Waals surface area contributed by atoms with Crippen LogP contribution >= 0.6 is 8.53 Å². The number of hydrogen-bond acceptors (Lipinski definition) is 17. The van der Waals surface area contributed by atoms with Gasteiger partial charge in [-0.25, -0.2) is 40.6 Å². The van der Waals surface area contributed by atoms with Gasteiger partial charge in [0.15, 0.2) is 11.9 Å². The average molecular weight is 1190 g/mol. The summed E-state index contributed by atoms with van der Waals surface area (Å²) in [5, 5.41) is 3.08. The molecule has 3 aromatic carbocycles. The van der Waals surface area contributed by atoms with Crippen LogP contribution in [0.1, 0.15) is 142 Å². The summed E-state index contributed by atoms with van der Waals surface area (Å²) in [5.41, 5.74) is 2.97. The number of esters is 3. The van der Waals surface area contributed by atoms with Crippen LogP contribution in [0.25, 0.3) is 22.1 Å². The van der Waals surface area contributed by atoms with Crippen LogP contribution in [0.5, 0.6) is 0 Å². The summed E-state index contributed by atoms with van der Waals surface area (Å²) in [5.74, 6) is -2.78. The van der Waals surface area contributed by atoms with Crippen molar-refractivity contribution in [1.82, 2.24) is 34.4 Å². The van der Waals surface area contributed by atoms with Gasteiger partial charge in [0.25, 0.3) is 8.53 Å². The Hall–Kier alpha value is -6.69. The van der Waals surface area contributed by atoms with Crippen LogP contribution in [0.15, 0.2) is 110 Å². The minimum Gasteiger partial charge on any atom is -0.462 e. The Labute approximate surface area is 502 Å². The van der Waals surface area contributed by atoms with Crippen LogP contribution < -0.4 is 5.32 Å². The van der Waals surface area contributed by atoms with Crippen molar-refractivity contribution in [3.63, 3.8) is 0 Å². The lowest BCUT2D eigenvalue weighted by molar-refractivity contribution is -0.150. The number of carbonyl (C=O) groups excluding carboxylic acids is 4. The Balaban J connectivity index is 0.911. The highest BCUT2D eigenvalue weighted by Gasteiger charge is 2.51.